The fraction of sp³-hybridized carbons (Fsp3) is 0.346. The standard InChI is InChI=1S/C26H20ClF8N7O3/c27-14-6-4-13(5-7-14)21-39-41(23(45)40(21)10-18(43)26(33,34)35)11-19-36-12-42(38-19)20-16(2-1-3-17(20)25(30,31)32)22(44)37-15-8-24(28,29)9-15/h1-7,12,15,18,43H,8-11H2,(H,37,44)/t18-/m0/s1. The second kappa shape index (κ2) is 11.6. The lowest BCUT2D eigenvalue weighted by Crippen LogP contribution is -2.50. The summed E-state index contributed by atoms with van der Waals surface area (Å²) in [7, 11) is 0. The van der Waals surface area contributed by atoms with Crippen molar-refractivity contribution in [2.24, 2.45) is 0 Å². The van der Waals surface area contributed by atoms with Crippen molar-refractivity contribution < 1.29 is 45.0 Å². The summed E-state index contributed by atoms with van der Waals surface area (Å²) in [5, 5.41) is 20.2. The summed E-state index contributed by atoms with van der Waals surface area (Å²) in [4.78, 5) is 29.9. The van der Waals surface area contributed by atoms with Crippen molar-refractivity contribution in [1.29, 1.82) is 0 Å². The number of nitrogens with zero attached hydrogens (tertiary/aromatic N) is 6. The van der Waals surface area contributed by atoms with Crippen LogP contribution in [0.3, 0.4) is 0 Å². The van der Waals surface area contributed by atoms with Crippen molar-refractivity contribution in [2.45, 2.75) is 56.4 Å². The smallest absolute Gasteiger partial charge is 0.382 e. The molecule has 0 bridgehead atoms. The van der Waals surface area contributed by atoms with Gasteiger partial charge in [0.25, 0.3) is 11.8 Å². The number of alkyl halides is 8. The molecule has 2 aromatic carbocycles. The number of rotatable bonds is 8. The Morgan fingerprint density at radius 1 is 1.07 bits per heavy atom. The van der Waals surface area contributed by atoms with Crippen molar-refractivity contribution >= 4 is 17.5 Å². The maximum Gasteiger partial charge on any atom is 0.418 e. The number of carbonyl (C=O) groups excluding carboxylic acids is 1. The van der Waals surface area contributed by atoms with Crippen LogP contribution in [0.2, 0.25) is 5.02 Å². The van der Waals surface area contributed by atoms with E-state index in [1.165, 1.54) is 24.3 Å². The van der Waals surface area contributed by atoms with Crippen LogP contribution in [0, 0.1) is 0 Å². The molecule has 5 rings (SSSR count). The van der Waals surface area contributed by atoms with Crippen molar-refractivity contribution in [3.8, 4) is 17.1 Å². The van der Waals surface area contributed by atoms with E-state index in [-0.39, 0.29) is 22.2 Å². The van der Waals surface area contributed by atoms with E-state index >= 15 is 0 Å². The van der Waals surface area contributed by atoms with Crippen LogP contribution in [-0.4, -0.2) is 64.4 Å². The minimum absolute atomic E-state index is 0.155. The zero-order chi connectivity index (χ0) is 32.9. The Bertz CT molecular complexity index is 1770. The fourth-order valence-electron chi connectivity index (χ4n) is 4.64. The van der Waals surface area contributed by atoms with Crippen LogP contribution < -0.4 is 11.0 Å². The van der Waals surface area contributed by atoms with Crippen molar-refractivity contribution in [3.63, 3.8) is 0 Å². The molecular formula is C26H20ClF8N7O3. The van der Waals surface area contributed by atoms with Gasteiger partial charge in [-0.1, -0.05) is 17.7 Å². The summed E-state index contributed by atoms with van der Waals surface area (Å²) in [5.41, 5.74) is -3.61. The van der Waals surface area contributed by atoms with Gasteiger partial charge in [0.1, 0.15) is 12.9 Å². The highest BCUT2D eigenvalue weighted by molar-refractivity contribution is 6.30. The third-order valence-electron chi connectivity index (χ3n) is 6.83. The monoisotopic (exact) mass is 665 g/mol. The van der Waals surface area contributed by atoms with Gasteiger partial charge < -0.3 is 10.4 Å². The largest absolute Gasteiger partial charge is 0.418 e. The molecular weight excluding hydrogens is 646 g/mol. The third kappa shape index (κ3) is 6.85. The number of hydrogen-bond donors (Lipinski definition) is 2. The van der Waals surface area contributed by atoms with Gasteiger partial charge in [-0.25, -0.2) is 27.9 Å². The van der Waals surface area contributed by atoms with Crippen molar-refractivity contribution in [2.75, 3.05) is 0 Å². The third-order valence-corrected chi connectivity index (χ3v) is 7.08. The van der Waals surface area contributed by atoms with E-state index in [0.29, 0.717) is 20.0 Å². The first-order chi connectivity index (χ1) is 20.9. The van der Waals surface area contributed by atoms with Gasteiger partial charge >= 0.3 is 18.0 Å². The average molecular weight is 666 g/mol. The highest BCUT2D eigenvalue weighted by Gasteiger charge is 2.46. The second-order valence-corrected chi connectivity index (χ2v) is 10.6. The summed E-state index contributed by atoms with van der Waals surface area (Å²) < 4.78 is 110. The van der Waals surface area contributed by atoms with Gasteiger partial charge in [-0.05, 0) is 36.4 Å². The first-order valence-electron chi connectivity index (χ1n) is 12.9. The minimum Gasteiger partial charge on any atom is -0.382 e. The quantitative estimate of drug-likeness (QED) is 0.268. The molecule has 0 aliphatic heterocycles. The molecule has 0 saturated heterocycles. The van der Waals surface area contributed by atoms with E-state index in [1.807, 2.05) is 0 Å². The van der Waals surface area contributed by atoms with Gasteiger partial charge in [-0.2, -0.15) is 26.3 Å². The maximum atomic E-state index is 14.0. The van der Waals surface area contributed by atoms with Gasteiger partial charge in [0, 0.05) is 29.5 Å². The summed E-state index contributed by atoms with van der Waals surface area (Å²) in [6.45, 7) is -1.87. The molecule has 1 atom stereocenters. The number of aromatic nitrogens is 6. The van der Waals surface area contributed by atoms with E-state index in [4.69, 9.17) is 11.6 Å². The molecule has 1 aliphatic rings. The van der Waals surface area contributed by atoms with Crippen molar-refractivity contribution in [3.05, 3.63) is 81.3 Å². The first-order valence-corrected chi connectivity index (χ1v) is 13.3. The van der Waals surface area contributed by atoms with E-state index in [2.05, 4.69) is 20.5 Å². The SMILES string of the molecule is O=C(NC1CC(F)(F)C1)c1cccc(C(F)(F)F)c1-n1cnc(Cn2nc(-c3ccc(Cl)cc3)n(C[C@H](O)C(F)(F)F)c2=O)n1. The molecule has 19 heteroatoms. The number of halogens is 9. The molecule has 0 radical (unpaired) electrons. The van der Waals surface area contributed by atoms with Gasteiger partial charge in [-0.3, -0.25) is 9.36 Å². The lowest BCUT2D eigenvalue weighted by Gasteiger charge is -2.35. The maximum absolute atomic E-state index is 14.0. The minimum atomic E-state index is -5.07. The summed E-state index contributed by atoms with van der Waals surface area (Å²) in [5.74, 6) is -4.69. The number of aliphatic hydroxyl groups is 1. The number of para-hydroxylation sites is 1. The zero-order valence-corrected chi connectivity index (χ0v) is 23.2. The molecule has 10 nitrogen and oxygen atoms in total. The Kier molecular flexibility index (Phi) is 8.24. The molecule has 1 amide bonds. The predicted octanol–water partition coefficient (Wildman–Crippen LogP) is 4.46. The van der Waals surface area contributed by atoms with Gasteiger partial charge in [0.15, 0.2) is 17.8 Å². The number of amides is 1. The molecule has 2 aromatic heterocycles. The number of carbonyl (C=O) groups is 1. The molecule has 0 unspecified atom stereocenters. The molecule has 240 valence electrons. The van der Waals surface area contributed by atoms with Crippen LogP contribution >= 0.6 is 11.6 Å². The second-order valence-electron chi connectivity index (χ2n) is 10.2. The molecule has 2 heterocycles. The lowest BCUT2D eigenvalue weighted by atomic mass is 9.88. The van der Waals surface area contributed by atoms with Gasteiger partial charge in [0.2, 0.25) is 0 Å². The average Bonchev–Trinajstić information content (AvgIpc) is 3.51. The van der Waals surface area contributed by atoms with Crippen LogP contribution in [0.1, 0.15) is 34.6 Å². The summed E-state index contributed by atoms with van der Waals surface area (Å²) >= 11 is 5.87. The van der Waals surface area contributed by atoms with Crippen LogP contribution in [0.15, 0.2) is 53.6 Å². The van der Waals surface area contributed by atoms with Crippen molar-refractivity contribution in [1.82, 2.24) is 34.4 Å². The lowest BCUT2D eigenvalue weighted by molar-refractivity contribution is -0.207. The predicted molar refractivity (Wildman–Crippen MR) is 140 cm³/mol. The zero-order valence-electron chi connectivity index (χ0n) is 22.5. The Hall–Kier alpha value is -4.32. The Balaban J connectivity index is 1.50. The Labute approximate surface area is 251 Å². The Morgan fingerprint density at radius 2 is 1.73 bits per heavy atom. The number of aliphatic hydroxyl groups excluding tert-OH is 1. The number of benzene rings is 2. The first kappa shape index (κ1) is 32.1. The summed E-state index contributed by atoms with van der Waals surface area (Å²) in [6.07, 6.45) is -13.6. The van der Waals surface area contributed by atoms with Gasteiger partial charge in [-0.15, -0.1) is 10.2 Å². The molecule has 0 spiro atoms. The highest BCUT2D eigenvalue weighted by Crippen LogP contribution is 2.38. The highest BCUT2D eigenvalue weighted by atomic mass is 35.5. The van der Waals surface area contributed by atoms with E-state index in [1.54, 1.807) is 0 Å². The molecule has 1 saturated carbocycles. The van der Waals surface area contributed by atoms with Gasteiger partial charge in [0.05, 0.1) is 23.4 Å². The van der Waals surface area contributed by atoms with E-state index < -0.39 is 84.8 Å². The molecule has 45 heavy (non-hydrogen) atoms. The fourth-order valence-corrected chi connectivity index (χ4v) is 4.76. The normalized spacial score (nSPS) is 16.0. The van der Waals surface area contributed by atoms with E-state index in [9.17, 15) is 49.8 Å². The number of nitrogens with one attached hydrogen (secondary N) is 1. The topological polar surface area (TPSA) is 120 Å². The van der Waals surface area contributed by atoms with Crippen LogP contribution in [0.4, 0.5) is 35.1 Å². The Morgan fingerprint density at radius 3 is 2.33 bits per heavy atom. The van der Waals surface area contributed by atoms with Crippen LogP contribution in [0.5, 0.6) is 0 Å². The van der Waals surface area contributed by atoms with Crippen LogP contribution in [0.25, 0.3) is 17.1 Å². The molecule has 1 aliphatic carbocycles. The molecule has 1 fully saturated rings. The molecule has 2 N–H and O–H groups in total. The number of hydrogen-bond acceptors (Lipinski definition) is 6. The van der Waals surface area contributed by atoms with E-state index in [0.717, 1.165) is 18.5 Å². The molecule has 4 aromatic rings. The summed E-state index contributed by atoms with van der Waals surface area (Å²) in [6, 6.07) is 7.19. The van der Waals surface area contributed by atoms with Crippen LogP contribution in [-0.2, 0) is 19.3 Å².